The van der Waals surface area contributed by atoms with E-state index in [1.54, 1.807) is 0 Å². The molecule has 1 saturated heterocycles. The summed E-state index contributed by atoms with van der Waals surface area (Å²) in [6.45, 7) is 5.16. The molecule has 0 bridgehead atoms. The van der Waals surface area contributed by atoms with Gasteiger partial charge in [0, 0.05) is 41.3 Å². The standard InChI is InChI=1S/C24H27N3O4/c1-13-5-6-15-16(21-19(13)22(28)20(24(30)31)23(29)25-21)7-8-18-17(15)11-14(26(18)2)12-27-9-3-4-10-27/h7-8,11,13H,3-6,9-10,12H2,1-2H3,(H,30,31)(H2,25,28,29). The summed E-state index contributed by atoms with van der Waals surface area (Å²) >= 11 is 0. The number of fused-ring (bicyclic) bond motifs is 5. The van der Waals surface area contributed by atoms with Crippen LogP contribution in [0.4, 0.5) is 0 Å². The highest BCUT2D eigenvalue weighted by atomic mass is 16.4. The fourth-order valence-electron chi connectivity index (χ4n) is 5.35. The summed E-state index contributed by atoms with van der Waals surface area (Å²) in [5.74, 6) is -1.90. The van der Waals surface area contributed by atoms with Gasteiger partial charge in [-0.3, -0.25) is 9.69 Å². The third-order valence-corrected chi connectivity index (χ3v) is 7.05. The zero-order valence-electron chi connectivity index (χ0n) is 17.9. The number of benzene rings is 1. The first-order chi connectivity index (χ1) is 14.9. The number of pyridine rings is 1. The van der Waals surface area contributed by atoms with Crippen molar-refractivity contribution in [3.8, 4) is 17.0 Å². The van der Waals surface area contributed by atoms with Crippen molar-refractivity contribution in [3.05, 3.63) is 50.9 Å². The SMILES string of the molecule is CC1CCc2c(ccc3c2cc(CN2CCCC2)n3C)-c2[nH]c(=O)c(C(=O)O)c(O)c21. The minimum atomic E-state index is -1.41. The second-order valence-electron chi connectivity index (χ2n) is 8.91. The van der Waals surface area contributed by atoms with Gasteiger partial charge in [-0.05, 0) is 62.4 Å². The second kappa shape index (κ2) is 7.27. The third kappa shape index (κ3) is 3.07. The van der Waals surface area contributed by atoms with Gasteiger partial charge in [0.25, 0.3) is 5.56 Å². The quantitative estimate of drug-likeness (QED) is 0.600. The van der Waals surface area contributed by atoms with Gasteiger partial charge >= 0.3 is 5.97 Å². The van der Waals surface area contributed by atoms with E-state index in [-0.39, 0.29) is 5.92 Å². The van der Waals surface area contributed by atoms with Gasteiger partial charge in [-0.1, -0.05) is 13.0 Å². The molecule has 5 rings (SSSR count). The Morgan fingerprint density at radius 2 is 2.00 bits per heavy atom. The molecule has 0 saturated carbocycles. The van der Waals surface area contributed by atoms with Crippen LogP contribution in [0.5, 0.6) is 5.75 Å². The molecule has 1 unspecified atom stereocenters. The number of H-pyrrole nitrogens is 1. The van der Waals surface area contributed by atoms with E-state index < -0.39 is 22.8 Å². The Morgan fingerprint density at radius 1 is 1.26 bits per heavy atom. The predicted octanol–water partition coefficient (Wildman–Crippen LogP) is 3.58. The Labute approximate surface area is 179 Å². The number of aryl methyl sites for hydroxylation is 2. The van der Waals surface area contributed by atoms with E-state index in [2.05, 4.69) is 33.6 Å². The molecule has 2 aliphatic rings. The molecule has 7 nitrogen and oxygen atoms in total. The minimum Gasteiger partial charge on any atom is -0.506 e. The normalized spacial score (nSPS) is 18.7. The van der Waals surface area contributed by atoms with Gasteiger partial charge in [0.15, 0.2) is 5.56 Å². The molecule has 7 heteroatoms. The van der Waals surface area contributed by atoms with Crippen molar-refractivity contribution in [3.63, 3.8) is 0 Å². The molecule has 3 heterocycles. The van der Waals surface area contributed by atoms with Crippen molar-refractivity contribution in [2.24, 2.45) is 7.05 Å². The molecule has 0 radical (unpaired) electrons. The van der Waals surface area contributed by atoms with E-state index in [0.717, 1.165) is 54.5 Å². The summed E-state index contributed by atoms with van der Waals surface area (Å²) in [5.41, 5.74) is 4.13. The number of nitrogens with zero attached hydrogens (tertiary/aromatic N) is 2. The average molecular weight is 421 g/mol. The van der Waals surface area contributed by atoms with E-state index in [0.29, 0.717) is 11.3 Å². The average Bonchev–Trinajstić information content (AvgIpc) is 3.30. The van der Waals surface area contributed by atoms with E-state index in [1.165, 1.54) is 18.5 Å². The molecule has 1 fully saturated rings. The van der Waals surface area contributed by atoms with Crippen LogP contribution in [0.2, 0.25) is 0 Å². The number of aromatic carboxylic acids is 1. The molecule has 3 aromatic rings. The Balaban J connectivity index is 1.71. The maximum atomic E-state index is 12.5. The first-order valence-corrected chi connectivity index (χ1v) is 10.9. The fourth-order valence-corrected chi connectivity index (χ4v) is 5.35. The molecule has 162 valence electrons. The number of carboxylic acid groups (broad SMARTS) is 1. The Morgan fingerprint density at radius 3 is 2.71 bits per heavy atom. The molecule has 3 N–H and O–H groups in total. The smallest absolute Gasteiger partial charge is 0.345 e. The summed E-state index contributed by atoms with van der Waals surface area (Å²) in [5, 5.41) is 21.3. The Kier molecular flexibility index (Phi) is 4.66. The maximum Gasteiger partial charge on any atom is 0.345 e. The molecule has 0 amide bonds. The van der Waals surface area contributed by atoms with Gasteiger partial charge in [0.05, 0.1) is 5.69 Å². The highest BCUT2D eigenvalue weighted by Gasteiger charge is 2.30. The van der Waals surface area contributed by atoms with Gasteiger partial charge in [-0.15, -0.1) is 0 Å². The monoisotopic (exact) mass is 421 g/mol. The summed E-state index contributed by atoms with van der Waals surface area (Å²) < 4.78 is 2.25. The van der Waals surface area contributed by atoms with E-state index in [4.69, 9.17) is 0 Å². The van der Waals surface area contributed by atoms with Crippen LogP contribution in [0.1, 0.15) is 59.3 Å². The van der Waals surface area contributed by atoms with Crippen LogP contribution in [-0.4, -0.2) is 43.7 Å². The number of aromatic nitrogens is 2. The number of aromatic hydroxyl groups is 1. The summed E-state index contributed by atoms with van der Waals surface area (Å²) in [6.07, 6.45) is 4.06. The van der Waals surface area contributed by atoms with Crippen molar-refractivity contribution >= 4 is 16.9 Å². The molecule has 31 heavy (non-hydrogen) atoms. The largest absolute Gasteiger partial charge is 0.506 e. The van der Waals surface area contributed by atoms with Crippen LogP contribution < -0.4 is 5.56 Å². The van der Waals surface area contributed by atoms with Gasteiger partial charge in [0.2, 0.25) is 0 Å². The molecule has 1 aromatic carbocycles. The van der Waals surface area contributed by atoms with Crippen LogP contribution >= 0.6 is 0 Å². The lowest BCUT2D eigenvalue weighted by molar-refractivity contribution is 0.0691. The molecule has 2 aromatic heterocycles. The van der Waals surface area contributed by atoms with Gasteiger partial charge < -0.3 is 19.8 Å². The number of aromatic amines is 1. The van der Waals surface area contributed by atoms with Crippen LogP contribution in [0.25, 0.3) is 22.2 Å². The molecule has 1 aliphatic heterocycles. The molecular formula is C24H27N3O4. The summed E-state index contributed by atoms with van der Waals surface area (Å²) in [4.78, 5) is 29.3. The number of hydrogen-bond acceptors (Lipinski definition) is 4. The lowest BCUT2D eigenvalue weighted by Crippen LogP contribution is -2.20. The Bertz CT molecular complexity index is 1260. The van der Waals surface area contributed by atoms with E-state index >= 15 is 0 Å². The van der Waals surface area contributed by atoms with Crippen molar-refractivity contribution in [2.75, 3.05) is 13.1 Å². The first kappa shape index (κ1) is 19.9. The van der Waals surface area contributed by atoms with Crippen LogP contribution in [0.3, 0.4) is 0 Å². The van der Waals surface area contributed by atoms with Crippen molar-refractivity contribution < 1.29 is 15.0 Å². The molecule has 1 aliphatic carbocycles. The number of carbonyl (C=O) groups is 1. The van der Waals surface area contributed by atoms with E-state index in [9.17, 15) is 19.8 Å². The maximum absolute atomic E-state index is 12.5. The van der Waals surface area contributed by atoms with E-state index in [1.807, 2.05) is 13.0 Å². The van der Waals surface area contributed by atoms with Crippen molar-refractivity contribution in [2.45, 2.75) is 45.1 Å². The van der Waals surface area contributed by atoms with Crippen molar-refractivity contribution in [1.82, 2.24) is 14.5 Å². The summed E-state index contributed by atoms with van der Waals surface area (Å²) in [6, 6.07) is 6.30. The van der Waals surface area contributed by atoms with Crippen LogP contribution in [0, 0.1) is 0 Å². The summed E-state index contributed by atoms with van der Waals surface area (Å²) in [7, 11) is 2.10. The number of rotatable bonds is 3. The first-order valence-electron chi connectivity index (χ1n) is 10.9. The van der Waals surface area contributed by atoms with Gasteiger partial charge in [-0.25, -0.2) is 4.79 Å². The lowest BCUT2D eigenvalue weighted by Gasteiger charge is -2.16. The zero-order chi connectivity index (χ0) is 21.9. The molecular weight excluding hydrogens is 394 g/mol. The second-order valence-corrected chi connectivity index (χ2v) is 8.91. The molecule has 0 spiro atoms. The molecule has 1 atom stereocenters. The van der Waals surface area contributed by atoms with Gasteiger partial charge in [0.1, 0.15) is 5.75 Å². The minimum absolute atomic E-state index is 0.0832. The number of hydrogen-bond donors (Lipinski definition) is 3. The number of nitrogens with one attached hydrogen (secondary N) is 1. The third-order valence-electron chi connectivity index (χ3n) is 7.05. The van der Waals surface area contributed by atoms with Crippen molar-refractivity contribution in [1.29, 1.82) is 0 Å². The number of likely N-dealkylation sites (tertiary alicyclic amines) is 1. The Hall–Kier alpha value is -3.06. The van der Waals surface area contributed by atoms with Gasteiger partial charge in [-0.2, -0.15) is 0 Å². The highest BCUT2D eigenvalue weighted by molar-refractivity contribution is 5.95. The fraction of sp³-hybridized carbons (Fsp3) is 0.417. The predicted molar refractivity (Wildman–Crippen MR) is 119 cm³/mol. The lowest BCUT2D eigenvalue weighted by atomic mass is 9.93. The zero-order valence-corrected chi connectivity index (χ0v) is 17.9. The van der Waals surface area contributed by atoms with Crippen LogP contribution in [0.15, 0.2) is 23.0 Å². The van der Waals surface area contributed by atoms with Crippen LogP contribution in [-0.2, 0) is 20.0 Å². The highest BCUT2D eigenvalue weighted by Crippen LogP contribution is 2.43. The topological polar surface area (TPSA) is 98.6 Å². The number of carboxylic acids is 1.